The summed E-state index contributed by atoms with van der Waals surface area (Å²) in [7, 11) is -3.25. The molecule has 1 heterocycles. The van der Waals surface area contributed by atoms with Gasteiger partial charge in [-0.2, -0.15) is 0 Å². The molecule has 0 unspecified atom stereocenters. The lowest BCUT2D eigenvalue weighted by Gasteiger charge is -2.31. The van der Waals surface area contributed by atoms with E-state index in [0.29, 0.717) is 30.8 Å². The lowest BCUT2D eigenvalue weighted by atomic mass is 9.92. The van der Waals surface area contributed by atoms with Gasteiger partial charge in [0.15, 0.2) is 0 Å². The van der Waals surface area contributed by atoms with Gasteiger partial charge in [-0.15, -0.1) is 0 Å². The van der Waals surface area contributed by atoms with E-state index in [4.69, 9.17) is 5.73 Å². The highest BCUT2D eigenvalue weighted by molar-refractivity contribution is 7.93. The van der Waals surface area contributed by atoms with E-state index in [1.165, 1.54) is 4.31 Å². The molecule has 1 aliphatic heterocycles. The molecule has 0 aromatic heterocycles. The first-order valence-electron chi connectivity index (χ1n) is 8.00. The molecule has 3 N–H and O–H groups in total. The van der Waals surface area contributed by atoms with E-state index < -0.39 is 15.6 Å². The summed E-state index contributed by atoms with van der Waals surface area (Å²) in [6.07, 6.45) is 2.10. The van der Waals surface area contributed by atoms with E-state index in [1.54, 1.807) is 24.3 Å². The average Bonchev–Trinajstić information content (AvgIpc) is 2.92. The number of carbonyl (C=O) groups is 1. The van der Waals surface area contributed by atoms with Gasteiger partial charge in [-0.25, -0.2) is 8.42 Å². The summed E-state index contributed by atoms with van der Waals surface area (Å²) in [5, 5.41) is 3.00. The average molecular weight is 339 g/mol. The smallest absolute Gasteiger partial charge is 0.251 e. The lowest BCUT2D eigenvalue weighted by molar-refractivity contribution is 0.0895. The molecule has 23 heavy (non-hydrogen) atoms. The number of rotatable bonds is 6. The molecule has 0 bridgehead atoms. The fourth-order valence-electron chi connectivity index (χ4n) is 2.81. The van der Waals surface area contributed by atoms with Crippen molar-refractivity contribution in [2.45, 2.75) is 38.6 Å². The molecule has 1 amide bonds. The number of nitrogens with one attached hydrogen (secondary N) is 1. The van der Waals surface area contributed by atoms with E-state index >= 15 is 0 Å². The Balaban J connectivity index is 2.24. The molecule has 0 atom stereocenters. The fourth-order valence-corrected chi connectivity index (χ4v) is 4.37. The maximum Gasteiger partial charge on any atom is 0.251 e. The summed E-state index contributed by atoms with van der Waals surface area (Å²) < 4.78 is 25.4. The Kier molecular flexibility index (Phi) is 5.31. The van der Waals surface area contributed by atoms with Gasteiger partial charge in [0.25, 0.3) is 5.91 Å². The summed E-state index contributed by atoms with van der Waals surface area (Å²) >= 11 is 0. The monoisotopic (exact) mass is 339 g/mol. The van der Waals surface area contributed by atoms with Crippen LogP contribution in [0, 0.1) is 0 Å². The minimum absolute atomic E-state index is 0.158. The number of anilines is 1. The van der Waals surface area contributed by atoms with Gasteiger partial charge >= 0.3 is 0 Å². The highest BCUT2D eigenvalue weighted by Gasteiger charge is 2.30. The van der Waals surface area contributed by atoms with Gasteiger partial charge in [0.2, 0.25) is 10.0 Å². The Morgan fingerprint density at radius 2 is 2.04 bits per heavy atom. The number of carbonyl (C=O) groups excluding carboxylic acids is 1. The van der Waals surface area contributed by atoms with Crippen LogP contribution >= 0.6 is 0 Å². The van der Waals surface area contributed by atoms with Crippen molar-refractivity contribution in [2.75, 3.05) is 23.1 Å². The first kappa shape index (κ1) is 17.7. The highest BCUT2D eigenvalue weighted by Crippen LogP contribution is 2.25. The summed E-state index contributed by atoms with van der Waals surface area (Å²) in [4.78, 5) is 12.5. The van der Waals surface area contributed by atoms with Crippen molar-refractivity contribution >= 4 is 21.6 Å². The standard InChI is InChI=1S/C16H25N3O3S/c1-3-16(4-2,12-17)18-15(20)13-7-5-8-14(11-13)19-9-6-10-23(19,21)22/h5,7-8,11H,3-4,6,9-10,12,17H2,1-2H3,(H,18,20). The summed E-state index contributed by atoms with van der Waals surface area (Å²) in [6.45, 7) is 4.81. The van der Waals surface area contributed by atoms with Gasteiger partial charge in [-0.1, -0.05) is 19.9 Å². The molecule has 1 fully saturated rings. The lowest BCUT2D eigenvalue weighted by Crippen LogP contribution is -2.52. The fraction of sp³-hybridized carbons (Fsp3) is 0.562. The van der Waals surface area contributed by atoms with Crippen LogP contribution in [0.15, 0.2) is 24.3 Å². The zero-order chi connectivity index (χ0) is 17.1. The van der Waals surface area contributed by atoms with Gasteiger partial charge in [0, 0.05) is 18.7 Å². The molecule has 0 aliphatic carbocycles. The third-order valence-electron chi connectivity index (χ3n) is 4.62. The number of nitrogens with two attached hydrogens (primary N) is 1. The van der Waals surface area contributed by atoms with E-state index in [9.17, 15) is 13.2 Å². The van der Waals surface area contributed by atoms with E-state index in [-0.39, 0.29) is 11.7 Å². The van der Waals surface area contributed by atoms with Gasteiger partial charge in [-0.3, -0.25) is 9.10 Å². The largest absolute Gasteiger partial charge is 0.345 e. The topological polar surface area (TPSA) is 92.5 Å². The Hall–Kier alpha value is -1.60. The van der Waals surface area contributed by atoms with Crippen LogP contribution in [0.25, 0.3) is 0 Å². The van der Waals surface area contributed by atoms with Crippen molar-refractivity contribution in [1.29, 1.82) is 0 Å². The minimum Gasteiger partial charge on any atom is -0.345 e. The van der Waals surface area contributed by atoms with Crippen LogP contribution < -0.4 is 15.4 Å². The van der Waals surface area contributed by atoms with Crippen LogP contribution in [0.2, 0.25) is 0 Å². The molecule has 0 saturated carbocycles. The predicted octanol–water partition coefficient (Wildman–Crippen LogP) is 1.47. The molecule has 0 spiro atoms. The van der Waals surface area contributed by atoms with Crippen molar-refractivity contribution < 1.29 is 13.2 Å². The van der Waals surface area contributed by atoms with Gasteiger partial charge in [-0.05, 0) is 37.5 Å². The van der Waals surface area contributed by atoms with Gasteiger partial charge in [0.1, 0.15) is 0 Å². The van der Waals surface area contributed by atoms with Crippen molar-refractivity contribution in [3.8, 4) is 0 Å². The molecule has 128 valence electrons. The molecule has 1 saturated heterocycles. The SMILES string of the molecule is CCC(CC)(CN)NC(=O)c1cccc(N2CCCS2(=O)=O)c1. The number of benzene rings is 1. The Bertz CT molecular complexity index is 661. The summed E-state index contributed by atoms with van der Waals surface area (Å²) in [5.74, 6) is -0.0663. The number of hydrogen-bond donors (Lipinski definition) is 2. The Morgan fingerprint density at radius 3 is 2.57 bits per heavy atom. The highest BCUT2D eigenvalue weighted by atomic mass is 32.2. The molecule has 6 nitrogen and oxygen atoms in total. The predicted molar refractivity (Wildman–Crippen MR) is 92.0 cm³/mol. The zero-order valence-corrected chi connectivity index (χ0v) is 14.5. The normalized spacial score (nSPS) is 17.3. The maximum absolute atomic E-state index is 12.5. The first-order chi connectivity index (χ1) is 10.9. The molecule has 0 radical (unpaired) electrons. The van der Waals surface area contributed by atoms with E-state index in [1.807, 2.05) is 13.8 Å². The number of amides is 1. The van der Waals surface area contributed by atoms with Crippen LogP contribution in [-0.4, -0.2) is 38.7 Å². The van der Waals surface area contributed by atoms with Crippen molar-refractivity contribution in [3.05, 3.63) is 29.8 Å². The van der Waals surface area contributed by atoms with E-state index in [0.717, 1.165) is 12.8 Å². The molecule has 1 aromatic rings. The molecule has 1 aromatic carbocycles. The second-order valence-corrected chi connectivity index (χ2v) is 7.95. The molecular weight excluding hydrogens is 314 g/mol. The molecular formula is C16H25N3O3S. The maximum atomic E-state index is 12.5. The van der Waals surface area contributed by atoms with Crippen LogP contribution in [0.4, 0.5) is 5.69 Å². The zero-order valence-electron chi connectivity index (χ0n) is 13.7. The minimum atomic E-state index is -3.25. The van der Waals surface area contributed by atoms with Gasteiger partial charge in [0.05, 0.1) is 17.0 Å². The first-order valence-corrected chi connectivity index (χ1v) is 9.61. The quantitative estimate of drug-likeness (QED) is 0.821. The molecule has 2 rings (SSSR count). The second kappa shape index (κ2) is 6.88. The van der Waals surface area contributed by atoms with Crippen LogP contribution in [0.5, 0.6) is 0 Å². The number of hydrogen-bond acceptors (Lipinski definition) is 4. The van der Waals surface area contributed by atoms with Crippen LogP contribution in [0.1, 0.15) is 43.5 Å². The van der Waals surface area contributed by atoms with Crippen LogP contribution in [0.3, 0.4) is 0 Å². The van der Waals surface area contributed by atoms with Crippen molar-refractivity contribution in [1.82, 2.24) is 5.32 Å². The van der Waals surface area contributed by atoms with E-state index in [2.05, 4.69) is 5.32 Å². The van der Waals surface area contributed by atoms with Crippen LogP contribution in [-0.2, 0) is 10.0 Å². The summed E-state index contributed by atoms with van der Waals surface area (Å²) in [6, 6.07) is 6.74. The Labute approximate surface area is 138 Å². The third-order valence-corrected chi connectivity index (χ3v) is 6.49. The second-order valence-electron chi connectivity index (χ2n) is 5.94. The van der Waals surface area contributed by atoms with Gasteiger partial charge < -0.3 is 11.1 Å². The number of sulfonamides is 1. The molecule has 1 aliphatic rings. The van der Waals surface area contributed by atoms with Crippen molar-refractivity contribution in [3.63, 3.8) is 0 Å². The summed E-state index contributed by atoms with van der Waals surface area (Å²) in [5.41, 5.74) is 6.39. The number of nitrogens with zero attached hydrogens (tertiary/aromatic N) is 1. The third kappa shape index (κ3) is 3.67. The van der Waals surface area contributed by atoms with Crippen molar-refractivity contribution in [2.24, 2.45) is 5.73 Å². The Morgan fingerprint density at radius 1 is 1.35 bits per heavy atom. The molecule has 7 heteroatoms.